The van der Waals surface area contributed by atoms with E-state index in [-0.39, 0.29) is 48.9 Å². The molecule has 0 aliphatic carbocycles. The topological polar surface area (TPSA) is 204 Å². The summed E-state index contributed by atoms with van der Waals surface area (Å²) in [6.07, 6.45) is 4.41. The summed E-state index contributed by atoms with van der Waals surface area (Å²) in [4.78, 5) is 50.7. The van der Waals surface area contributed by atoms with Crippen molar-refractivity contribution in [3.63, 3.8) is 0 Å². The van der Waals surface area contributed by atoms with E-state index in [1.807, 2.05) is 30.3 Å². The number of thiocarbonyl (C=S) groups is 1. The molecule has 0 saturated carbocycles. The number of para-hydroxylation sites is 1. The van der Waals surface area contributed by atoms with E-state index in [4.69, 9.17) is 30.8 Å². The monoisotopic (exact) mass is 914 g/mol. The molecule has 59 heavy (non-hydrogen) atoms. The van der Waals surface area contributed by atoms with Crippen molar-refractivity contribution in [3.8, 4) is 40.0 Å². The van der Waals surface area contributed by atoms with Crippen LogP contribution in [0.3, 0.4) is 0 Å². The number of rotatable bonds is 17. The van der Waals surface area contributed by atoms with E-state index in [0.717, 1.165) is 43.6 Å². The number of allylic oxidation sites excluding steroid dienone is 1. The molecule has 0 saturated heterocycles. The number of pyridine rings is 4. The Morgan fingerprint density at radius 1 is 0.780 bits per heavy atom. The van der Waals surface area contributed by atoms with E-state index >= 15 is 0 Å². The Hall–Kier alpha value is -6.55. The normalized spacial score (nSPS) is 10.4. The number of nitrogens with zero attached hydrogens (tertiary/aromatic N) is 6. The third kappa shape index (κ3) is 16.1. The number of carbonyl (C=O) groups is 3. The minimum atomic E-state index is -4.78. The van der Waals surface area contributed by atoms with Crippen LogP contribution in [0, 0.1) is 5.41 Å². The SMILES string of the molecule is CCCCCCN(c1ccccc1)c1ccnc(/C([NH-])=C/C(=N)C(F)(F)F)c1.O=COc1ccnc(-c2cc(OC=O)cc(-c3cc(OC=O)ccn3)n2)c1.[N-]=C=S.[Ru+2]. The number of unbranched alkanes of at least 4 members (excludes halogenated alkanes) is 3. The second kappa shape index (κ2) is 25.7. The fraction of sp³-hybridized carbons (Fsp3) is 0.175. The third-order valence-corrected chi connectivity index (χ3v) is 7.57. The van der Waals surface area contributed by atoms with Crippen LogP contribution in [0.2, 0.25) is 0 Å². The molecule has 0 atom stereocenters. The van der Waals surface area contributed by atoms with E-state index in [9.17, 15) is 27.6 Å². The summed E-state index contributed by atoms with van der Waals surface area (Å²) in [5.74, 6) is 0.760. The van der Waals surface area contributed by atoms with Crippen LogP contribution >= 0.6 is 12.2 Å². The second-order valence-corrected chi connectivity index (χ2v) is 11.7. The zero-order chi connectivity index (χ0) is 42.3. The van der Waals surface area contributed by atoms with Gasteiger partial charge in [-0.3, -0.25) is 34.7 Å². The van der Waals surface area contributed by atoms with Crippen LogP contribution in [-0.4, -0.2) is 62.9 Å². The van der Waals surface area contributed by atoms with E-state index in [1.165, 1.54) is 60.1 Å². The minimum Gasteiger partial charge on any atom is -0.753 e. The summed E-state index contributed by atoms with van der Waals surface area (Å²) in [5, 5.41) is 15.5. The number of anilines is 2. The summed E-state index contributed by atoms with van der Waals surface area (Å²) < 4.78 is 52.3. The van der Waals surface area contributed by atoms with Crippen LogP contribution in [0.15, 0.2) is 104 Å². The number of halogens is 3. The maximum atomic E-state index is 12.6. The number of aromatic nitrogens is 4. The third-order valence-electron chi connectivity index (χ3n) is 7.57. The second-order valence-electron chi connectivity index (χ2n) is 11.5. The van der Waals surface area contributed by atoms with E-state index < -0.39 is 17.6 Å². The summed E-state index contributed by atoms with van der Waals surface area (Å²) in [6.45, 7) is 3.77. The molecule has 5 aromatic rings. The summed E-state index contributed by atoms with van der Waals surface area (Å²) in [7, 11) is 0. The first-order chi connectivity index (χ1) is 28.0. The molecule has 0 unspecified atom stereocenters. The number of nitrogens with one attached hydrogen (secondary N) is 2. The van der Waals surface area contributed by atoms with Gasteiger partial charge in [-0.25, -0.2) is 4.98 Å². The Kier molecular flexibility index (Phi) is 21.1. The predicted octanol–water partition coefficient (Wildman–Crippen LogP) is 9.24. The van der Waals surface area contributed by atoms with Crippen molar-refractivity contribution in [1.82, 2.24) is 19.9 Å². The van der Waals surface area contributed by atoms with Gasteiger partial charge < -0.3 is 30.3 Å². The van der Waals surface area contributed by atoms with Gasteiger partial charge >= 0.3 is 25.7 Å². The quantitative estimate of drug-likeness (QED) is 0.0305. The van der Waals surface area contributed by atoms with Crippen molar-refractivity contribution < 1.29 is 61.2 Å². The summed E-state index contributed by atoms with van der Waals surface area (Å²) in [5.41, 5.74) is 9.18. The molecule has 0 spiro atoms. The van der Waals surface area contributed by atoms with Crippen LogP contribution < -0.4 is 19.1 Å². The molecule has 1 aromatic carbocycles. The average Bonchev–Trinajstić information content (AvgIpc) is 3.22. The molecule has 19 heteroatoms. The molecule has 0 fully saturated rings. The molecule has 4 heterocycles. The number of isothiocyanates is 1. The van der Waals surface area contributed by atoms with Crippen molar-refractivity contribution >= 4 is 59.6 Å². The molecule has 0 amide bonds. The van der Waals surface area contributed by atoms with E-state index in [1.54, 1.807) is 12.1 Å². The van der Waals surface area contributed by atoms with E-state index in [0.29, 0.717) is 41.8 Å². The van der Waals surface area contributed by atoms with Gasteiger partial charge in [0.2, 0.25) is 0 Å². The molecular formula is C40H35F3N8O6RuS. The first-order valence-corrected chi connectivity index (χ1v) is 17.5. The van der Waals surface area contributed by atoms with Gasteiger partial charge in [0, 0.05) is 66.5 Å². The summed E-state index contributed by atoms with van der Waals surface area (Å²) in [6, 6.07) is 22.1. The minimum absolute atomic E-state index is 0. The maximum absolute atomic E-state index is 12.6. The van der Waals surface area contributed by atoms with Gasteiger partial charge in [-0.1, -0.05) is 56.6 Å². The molecule has 14 nitrogen and oxygen atoms in total. The Morgan fingerprint density at radius 3 is 1.80 bits per heavy atom. The van der Waals surface area contributed by atoms with Crippen molar-refractivity contribution in [1.29, 1.82) is 5.41 Å². The molecule has 0 bridgehead atoms. The van der Waals surface area contributed by atoms with Crippen molar-refractivity contribution in [2.75, 3.05) is 11.4 Å². The molecule has 0 radical (unpaired) electrons. The van der Waals surface area contributed by atoms with Crippen LogP contribution in [-0.2, 0) is 33.9 Å². The summed E-state index contributed by atoms with van der Waals surface area (Å²) >= 11 is 3.70. The Balaban J connectivity index is 0.000000375. The smallest absolute Gasteiger partial charge is 0.753 e. The Labute approximate surface area is 355 Å². The number of hydrogen-bond acceptors (Lipinski definition) is 13. The molecular weight excluding hydrogens is 879 g/mol. The molecule has 4 aromatic heterocycles. The number of ether oxygens (including phenoxy) is 3. The number of benzene rings is 1. The van der Waals surface area contributed by atoms with E-state index in [2.05, 4.69) is 44.0 Å². The average molecular weight is 914 g/mol. The van der Waals surface area contributed by atoms with Gasteiger partial charge in [-0.05, 0) is 48.9 Å². The van der Waals surface area contributed by atoms with Crippen LogP contribution in [0.5, 0.6) is 17.2 Å². The van der Waals surface area contributed by atoms with Gasteiger partial charge in [0.25, 0.3) is 19.4 Å². The standard InChI is InChI=1S/C21H24F3N4.C18H11N3O6.CNS.Ru/c1-2-3-4-8-13-28(16-9-6-5-7-10-16)17-11-12-27-19(14-17)18(25)15-20(26)21(22,23)24;22-9-25-12-1-3-19-15(5-12)17-7-14(27-11-24)8-18(21-17)16-6-13(26-10-23)2-4-20-16;2-1-3;/h5-7,9-12,14-15,25-26H,2-4,8,13H2,1H3;1-11H;;/q-1;;-1;+2/b18-15-,26-20?;;;. The first kappa shape index (κ1) is 48.6. The van der Waals surface area contributed by atoms with Crippen molar-refractivity contribution in [2.45, 2.75) is 38.8 Å². The molecule has 0 aliphatic heterocycles. The number of hydrogen-bond donors (Lipinski definition) is 1. The van der Waals surface area contributed by atoms with Gasteiger partial charge in [0.05, 0.1) is 22.8 Å². The van der Waals surface area contributed by atoms with Crippen LogP contribution in [0.4, 0.5) is 24.5 Å². The maximum Gasteiger partial charge on any atom is 2.00 e. The van der Waals surface area contributed by atoms with Gasteiger partial charge in [-0.2, -0.15) is 18.3 Å². The van der Waals surface area contributed by atoms with Crippen molar-refractivity contribution in [2.24, 2.45) is 0 Å². The molecule has 0 aliphatic rings. The van der Waals surface area contributed by atoms with Gasteiger partial charge in [0.15, 0.2) is 0 Å². The van der Waals surface area contributed by atoms with Crippen LogP contribution in [0.25, 0.3) is 39.6 Å². The fourth-order valence-corrected chi connectivity index (χ4v) is 5.00. The molecule has 306 valence electrons. The zero-order valence-corrected chi connectivity index (χ0v) is 33.7. The van der Waals surface area contributed by atoms with Crippen LogP contribution in [0.1, 0.15) is 38.3 Å². The molecule has 2 N–H and O–H groups in total. The predicted molar refractivity (Wildman–Crippen MR) is 215 cm³/mol. The number of alkyl halides is 3. The van der Waals surface area contributed by atoms with Gasteiger partial charge in [0.1, 0.15) is 23.0 Å². The first-order valence-electron chi connectivity index (χ1n) is 17.1. The fourth-order valence-electron chi connectivity index (χ4n) is 5.00. The largest absolute Gasteiger partial charge is 2.00 e. The zero-order valence-electron chi connectivity index (χ0n) is 31.1. The van der Waals surface area contributed by atoms with Gasteiger partial charge in [-0.15, -0.1) is 5.70 Å². The Morgan fingerprint density at radius 2 is 1.29 bits per heavy atom. The number of carbonyl (C=O) groups excluding carboxylic acids is 3. The molecule has 5 rings (SSSR count). The van der Waals surface area contributed by atoms with Crippen molar-refractivity contribution in [3.05, 3.63) is 120 Å². The Bertz CT molecular complexity index is 2140.